The van der Waals surface area contributed by atoms with Crippen LogP contribution >= 0.6 is 0 Å². The van der Waals surface area contributed by atoms with Gasteiger partial charge >= 0.3 is 6.09 Å². The van der Waals surface area contributed by atoms with Crippen LogP contribution < -0.4 is 10.2 Å². The van der Waals surface area contributed by atoms with Gasteiger partial charge in [0, 0.05) is 38.4 Å². The van der Waals surface area contributed by atoms with Gasteiger partial charge in [0.2, 0.25) is 0 Å². The number of aromatic nitrogens is 2. The number of carbonyl (C=O) groups is 2. The van der Waals surface area contributed by atoms with E-state index in [1.807, 2.05) is 0 Å². The van der Waals surface area contributed by atoms with Crippen LogP contribution in [-0.4, -0.2) is 59.8 Å². The molecule has 2 aromatic rings. The van der Waals surface area contributed by atoms with Crippen molar-refractivity contribution < 1.29 is 18.8 Å². The Morgan fingerprint density at radius 3 is 2.65 bits per heavy atom. The van der Waals surface area contributed by atoms with Crippen LogP contribution in [0.5, 0.6) is 0 Å². The molecule has 0 spiro atoms. The van der Waals surface area contributed by atoms with E-state index >= 15 is 0 Å². The second kappa shape index (κ2) is 7.85. The average molecular weight is 359 g/mol. The quantitative estimate of drug-likeness (QED) is 0.890. The molecule has 0 saturated carbocycles. The fourth-order valence-corrected chi connectivity index (χ4v) is 2.70. The highest BCUT2D eigenvalue weighted by Crippen LogP contribution is 2.18. The molecule has 26 heavy (non-hydrogen) atoms. The summed E-state index contributed by atoms with van der Waals surface area (Å²) in [6, 6.07) is 3.42. The van der Waals surface area contributed by atoms with Crippen LogP contribution in [0.4, 0.5) is 16.3 Å². The average Bonchev–Trinajstić information content (AvgIpc) is 3.07. The van der Waals surface area contributed by atoms with Crippen LogP contribution in [-0.2, 0) is 4.74 Å². The molecule has 3 rings (SSSR count). The minimum Gasteiger partial charge on any atom is -0.450 e. The Hall–Kier alpha value is -3.10. The molecule has 9 nitrogen and oxygen atoms in total. The number of aryl methyl sites for hydroxylation is 1. The summed E-state index contributed by atoms with van der Waals surface area (Å²) in [6.07, 6.45) is 2.92. The lowest BCUT2D eigenvalue weighted by Crippen LogP contribution is -2.49. The third-order valence-electron chi connectivity index (χ3n) is 4.03. The second-order valence-electron chi connectivity index (χ2n) is 5.88. The number of amides is 2. The number of hydrogen-bond acceptors (Lipinski definition) is 7. The van der Waals surface area contributed by atoms with Crippen LogP contribution in [0, 0.1) is 6.92 Å². The van der Waals surface area contributed by atoms with Crippen molar-refractivity contribution in [2.24, 2.45) is 0 Å². The zero-order valence-corrected chi connectivity index (χ0v) is 14.8. The number of ether oxygens (including phenoxy) is 1. The van der Waals surface area contributed by atoms with Gasteiger partial charge in [-0.15, -0.1) is 0 Å². The number of piperazine rings is 1. The maximum absolute atomic E-state index is 12.4. The Labute approximate surface area is 150 Å². The Balaban J connectivity index is 1.62. The standard InChI is InChI=1S/C17H21N5O4/c1-3-25-17(24)22-6-4-21(5-7-22)14-9-13(10-18-11-14)16(23)19-15-8-12(2)26-20-15/h8-11H,3-7H2,1-2H3,(H,19,20,23). The van der Waals surface area contributed by atoms with Gasteiger partial charge in [0.05, 0.1) is 24.1 Å². The smallest absolute Gasteiger partial charge is 0.409 e. The SMILES string of the molecule is CCOC(=O)N1CCN(c2cncc(C(=O)Nc3cc(C)on3)c2)CC1. The summed E-state index contributed by atoms with van der Waals surface area (Å²) >= 11 is 0. The number of rotatable bonds is 4. The summed E-state index contributed by atoms with van der Waals surface area (Å²) in [4.78, 5) is 32.0. The molecule has 3 heterocycles. The van der Waals surface area contributed by atoms with Crippen LogP contribution in [0.3, 0.4) is 0 Å². The van der Waals surface area contributed by atoms with E-state index in [-0.39, 0.29) is 12.0 Å². The molecule has 1 saturated heterocycles. The molecule has 0 unspecified atom stereocenters. The molecular formula is C17H21N5O4. The molecule has 0 aromatic carbocycles. The maximum atomic E-state index is 12.4. The Kier molecular flexibility index (Phi) is 5.35. The van der Waals surface area contributed by atoms with E-state index in [1.165, 1.54) is 6.20 Å². The topological polar surface area (TPSA) is 101 Å². The van der Waals surface area contributed by atoms with E-state index in [2.05, 4.69) is 20.4 Å². The first-order valence-electron chi connectivity index (χ1n) is 8.43. The zero-order valence-electron chi connectivity index (χ0n) is 14.8. The van der Waals surface area contributed by atoms with Gasteiger partial charge in [-0.1, -0.05) is 5.16 Å². The predicted octanol–water partition coefficient (Wildman–Crippen LogP) is 1.91. The molecule has 2 amide bonds. The normalized spacial score (nSPS) is 14.2. The van der Waals surface area contributed by atoms with Crippen molar-refractivity contribution in [3.05, 3.63) is 35.9 Å². The van der Waals surface area contributed by atoms with Gasteiger partial charge in [0.15, 0.2) is 5.82 Å². The Morgan fingerprint density at radius 2 is 2.00 bits per heavy atom. The lowest BCUT2D eigenvalue weighted by Gasteiger charge is -2.35. The number of anilines is 2. The second-order valence-corrected chi connectivity index (χ2v) is 5.88. The van der Waals surface area contributed by atoms with Gasteiger partial charge in [0.1, 0.15) is 5.76 Å². The van der Waals surface area contributed by atoms with Crippen LogP contribution in [0.2, 0.25) is 0 Å². The van der Waals surface area contributed by atoms with Gasteiger partial charge in [-0.3, -0.25) is 9.78 Å². The molecule has 138 valence electrons. The predicted molar refractivity (Wildman–Crippen MR) is 94.2 cm³/mol. The van der Waals surface area contributed by atoms with E-state index < -0.39 is 0 Å². The van der Waals surface area contributed by atoms with E-state index in [4.69, 9.17) is 9.26 Å². The molecule has 0 radical (unpaired) electrons. The molecular weight excluding hydrogens is 338 g/mol. The van der Waals surface area contributed by atoms with E-state index in [9.17, 15) is 9.59 Å². The Bertz CT molecular complexity index is 783. The van der Waals surface area contributed by atoms with Crippen molar-refractivity contribution in [1.82, 2.24) is 15.0 Å². The molecule has 1 aliphatic heterocycles. The highest BCUT2D eigenvalue weighted by atomic mass is 16.6. The number of pyridine rings is 1. The summed E-state index contributed by atoms with van der Waals surface area (Å²) < 4.78 is 9.96. The molecule has 1 N–H and O–H groups in total. The lowest BCUT2D eigenvalue weighted by molar-refractivity contribution is 0.102. The highest BCUT2D eigenvalue weighted by Gasteiger charge is 2.22. The number of carbonyl (C=O) groups excluding carboxylic acids is 2. The summed E-state index contributed by atoms with van der Waals surface area (Å²) in [6.45, 7) is 6.33. The van der Waals surface area contributed by atoms with E-state index in [1.54, 1.807) is 37.1 Å². The summed E-state index contributed by atoms with van der Waals surface area (Å²) in [5.74, 6) is 0.672. The first-order valence-corrected chi connectivity index (χ1v) is 8.43. The third kappa shape index (κ3) is 4.11. The molecule has 1 aliphatic rings. The van der Waals surface area contributed by atoms with Gasteiger partial charge in [-0.05, 0) is 19.9 Å². The van der Waals surface area contributed by atoms with Gasteiger partial charge in [0.25, 0.3) is 5.91 Å². The zero-order chi connectivity index (χ0) is 18.5. The third-order valence-corrected chi connectivity index (χ3v) is 4.03. The highest BCUT2D eigenvalue weighted by molar-refractivity contribution is 6.04. The fourth-order valence-electron chi connectivity index (χ4n) is 2.70. The summed E-state index contributed by atoms with van der Waals surface area (Å²) in [7, 11) is 0. The van der Waals surface area contributed by atoms with Crippen molar-refractivity contribution in [3.8, 4) is 0 Å². The molecule has 1 fully saturated rings. The van der Waals surface area contributed by atoms with Crippen LogP contribution in [0.15, 0.2) is 29.0 Å². The van der Waals surface area contributed by atoms with Crippen molar-refractivity contribution in [1.29, 1.82) is 0 Å². The van der Waals surface area contributed by atoms with Crippen LogP contribution in [0.25, 0.3) is 0 Å². The van der Waals surface area contributed by atoms with E-state index in [0.29, 0.717) is 49.9 Å². The summed E-state index contributed by atoms with van der Waals surface area (Å²) in [5, 5.41) is 6.42. The van der Waals surface area contributed by atoms with Crippen LogP contribution in [0.1, 0.15) is 23.0 Å². The Morgan fingerprint density at radius 1 is 1.23 bits per heavy atom. The molecule has 0 bridgehead atoms. The first kappa shape index (κ1) is 17.7. The molecule has 2 aromatic heterocycles. The fraction of sp³-hybridized carbons (Fsp3) is 0.412. The van der Waals surface area contributed by atoms with Crippen molar-refractivity contribution in [2.45, 2.75) is 13.8 Å². The van der Waals surface area contributed by atoms with E-state index in [0.717, 1.165) is 5.69 Å². The molecule has 0 atom stereocenters. The van der Waals surface area contributed by atoms with Gasteiger partial charge in [-0.25, -0.2) is 4.79 Å². The van der Waals surface area contributed by atoms with Gasteiger partial charge in [-0.2, -0.15) is 0 Å². The monoisotopic (exact) mass is 359 g/mol. The maximum Gasteiger partial charge on any atom is 0.409 e. The summed E-state index contributed by atoms with van der Waals surface area (Å²) in [5.41, 5.74) is 1.26. The van der Waals surface area contributed by atoms with Gasteiger partial charge < -0.3 is 24.4 Å². The largest absolute Gasteiger partial charge is 0.450 e. The first-order chi connectivity index (χ1) is 12.6. The number of nitrogens with zero attached hydrogens (tertiary/aromatic N) is 4. The molecule has 0 aliphatic carbocycles. The lowest BCUT2D eigenvalue weighted by atomic mass is 10.2. The van der Waals surface area contributed by atoms with Crippen molar-refractivity contribution in [3.63, 3.8) is 0 Å². The number of nitrogens with one attached hydrogen (secondary N) is 1. The number of hydrogen-bond donors (Lipinski definition) is 1. The minimum atomic E-state index is -0.308. The minimum absolute atomic E-state index is 0.290. The molecule has 9 heteroatoms. The van der Waals surface area contributed by atoms with Crippen molar-refractivity contribution >= 4 is 23.5 Å². The van der Waals surface area contributed by atoms with Crippen molar-refractivity contribution in [2.75, 3.05) is 43.0 Å².